The van der Waals surface area contributed by atoms with Gasteiger partial charge in [-0.2, -0.15) is 0 Å². The summed E-state index contributed by atoms with van der Waals surface area (Å²) >= 11 is 0. The van der Waals surface area contributed by atoms with E-state index in [2.05, 4.69) is 87.3 Å². The molecule has 28 heavy (non-hydrogen) atoms. The Kier molecular flexibility index (Phi) is 8.13. The highest BCUT2D eigenvalue weighted by Crippen LogP contribution is 2.25. The molecular weight excluding hydrogens is 340 g/mol. The predicted octanol–water partition coefficient (Wildman–Crippen LogP) is 6.96. The molecule has 0 radical (unpaired) electrons. The van der Waals surface area contributed by atoms with Gasteiger partial charge in [-0.3, -0.25) is 0 Å². The van der Waals surface area contributed by atoms with E-state index < -0.39 is 0 Å². The molecule has 0 bridgehead atoms. The second-order valence-corrected chi connectivity index (χ2v) is 7.40. The molecule has 0 aliphatic heterocycles. The van der Waals surface area contributed by atoms with E-state index in [1.54, 1.807) is 6.20 Å². The quantitative estimate of drug-likeness (QED) is 0.497. The second-order valence-electron chi connectivity index (χ2n) is 7.40. The summed E-state index contributed by atoms with van der Waals surface area (Å²) in [5.74, 6) is 0.471. The standard InChI is InChI=1S/C26H34N2/c1-6-8-9-19(3)21(5)28-26(7-2)25-16-14-24(15-17-25)23-12-10-22(11-13-23)20(4)18-27/h7,10-19,28H,5-6,8-9,27H2,1-4H3/b20-18+,26-7-. The van der Waals surface area contributed by atoms with E-state index in [9.17, 15) is 0 Å². The number of unbranched alkanes of at least 4 members (excludes halogenated alkanes) is 1. The highest BCUT2D eigenvalue weighted by molar-refractivity contribution is 5.72. The molecule has 2 heteroatoms. The lowest BCUT2D eigenvalue weighted by molar-refractivity contribution is 0.556. The number of nitrogens with two attached hydrogens (primary N) is 1. The molecule has 0 amide bonds. The van der Waals surface area contributed by atoms with Gasteiger partial charge in [0.1, 0.15) is 0 Å². The fourth-order valence-corrected chi connectivity index (χ4v) is 3.16. The van der Waals surface area contributed by atoms with Crippen LogP contribution < -0.4 is 11.1 Å². The van der Waals surface area contributed by atoms with E-state index in [4.69, 9.17) is 5.73 Å². The third kappa shape index (κ3) is 5.63. The van der Waals surface area contributed by atoms with E-state index in [0.717, 1.165) is 22.5 Å². The molecule has 2 rings (SSSR count). The first-order valence-corrected chi connectivity index (χ1v) is 10.2. The number of benzene rings is 2. The summed E-state index contributed by atoms with van der Waals surface area (Å²) in [7, 11) is 0. The van der Waals surface area contributed by atoms with Gasteiger partial charge >= 0.3 is 0 Å². The Morgan fingerprint density at radius 1 is 1.04 bits per heavy atom. The first-order chi connectivity index (χ1) is 13.5. The van der Waals surface area contributed by atoms with E-state index in [1.807, 2.05) is 6.92 Å². The molecule has 1 atom stereocenters. The Balaban J connectivity index is 2.11. The fraction of sp³-hybridized carbons (Fsp3) is 0.308. The highest BCUT2D eigenvalue weighted by Gasteiger charge is 2.09. The van der Waals surface area contributed by atoms with Gasteiger partial charge in [0.15, 0.2) is 0 Å². The lowest BCUT2D eigenvalue weighted by atomic mass is 9.99. The SMILES string of the molecule is C=C(N/C(=C\C)c1ccc(-c2ccc(/C(C)=C/N)cc2)cc1)C(C)CCCC. The van der Waals surface area contributed by atoms with Crippen LogP contribution in [-0.2, 0) is 0 Å². The lowest BCUT2D eigenvalue weighted by Crippen LogP contribution is -2.16. The van der Waals surface area contributed by atoms with E-state index >= 15 is 0 Å². The minimum Gasteiger partial charge on any atom is -0.404 e. The van der Waals surface area contributed by atoms with E-state index in [-0.39, 0.29) is 0 Å². The maximum atomic E-state index is 5.61. The van der Waals surface area contributed by atoms with Crippen LogP contribution in [0.2, 0.25) is 0 Å². The van der Waals surface area contributed by atoms with Gasteiger partial charge in [-0.15, -0.1) is 0 Å². The molecule has 2 nitrogen and oxygen atoms in total. The van der Waals surface area contributed by atoms with Crippen molar-refractivity contribution in [1.29, 1.82) is 0 Å². The number of rotatable bonds is 9. The Morgan fingerprint density at radius 3 is 2.04 bits per heavy atom. The summed E-state index contributed by atoms with van der Waals surface area (Å²) in [5.41, 5.74) is 13.6. The molecule has 0 aliphatic rings. The summed E-state index contributed by atoms with van der Waals surface area (Å²) < 4.78 is 0. The maximum Gasteiger partial charge on any atom is 0.0412 e. The molecular formula is C26H34N2. The van der Waals surface area contributed by atoms with E-state index in [1.165, 1.54) is 36.0 Å². The maximum absolute atomic E-state index is 5.61. The van der Waals surface area contributed by atoms with Gasteiger partial charge in [0.25, 0.3) is 0 Å². The van der Waals surface area contributed by atoms with Crippen molar-refractivity contribution < 1.29 is 0 Å². The molecule has 3 N–H and O–H groups in total. The summed E-state index contributed by atoms with van der Waals surface area (Å²) in [4.78, 5) is 0. The molecule has 0 aromatic heterocycles. The van der Waals surface area contributed by atoms with Gasteiger partial charge < -0.3 is 11.1 Å². The number of nitrogens with one attached hydrogen (secondary N) is 1. The molecule has 0 fully saturated rings. The highest BCUT2D eigenvalue weighted by atomic mass is 14.9. The third-order valence-electron chi connectivity index (χ3n) is 5.29. The zero-order chi connectivity index (χ0) is 20.5. The van der Waals surface area contributed by atoms with Crippen molar-refractivity contribution in [2.24, 2.45) is 11.7 Å². The minimum atomic E-state index is 0.471. The molecule has 0 saturated carbocycles. The van der Waals surface area contributed by atoms with Crippen molar-refractivity contribution in [3.63, 3.8) is 0 Å². The van der Waals surface area contributed by atoms with Crippen LogP contribution in [0.25, 0.3) is 22.4 Å². The van der Waals surface area contributed by atoms with Crippen molar-refractivity contribution in [2.75, 3.05) is 0 Å². The van der Waals surface area contributed by atoms with E-state index in [0.29, 0.717) is 5.92 Å². The molecule has 1 unspecified atom stereocenters. The van der Waals surface area contributed by atoms with Crippen LogP contribution in [0.1, 0.15) is 58.1 Å². The van der Waals surface area contributed by atoms with Crippen molar-refractivity contribution in [3.05, 3.63) is 84.2 Å². The van der Waals surface area contributed by atoms with Gasteiger partial charge in [-0.25, -0.2) is 0 Å². The van der Waals surface area contributed by atoms with Crippen molar-refractivity contribution in [2.45, 2.75) is 47.0 Å². The lowest BCUT2D eigenvalue weighted by Gasteiger charge is -2.19. The summed E-state index contributed by atoms with van der Waals surface area (Å²) in [5, 5.41) is 3.53. The first kappa shape index (κ1) is 21.6. The topological polar surface area (TPSA) is 38.0 Å². The third-order valence-corrected chi connectivity index (χ3v) is 5.29. The van der Waals surface area contributed by atoms with Gasteiger partial charge in [0, 0.05) is 11.4 Å². The van der Waals surface area contributed by atoms with Crippen LogP contribution >= 0.6 is 0 Å². The summed E-state index contributed by atoms with van der Waals surface area (Å²) in [6.07, 6.45) is 7.39. The number of allylic oxidation sites excluding steroid dienone is 3. The van der Waals surface area contributed by atoms with Crippen LogP contribution in [0, 0.1) is 5.92 Å². The Morgan fingerprint density at radius 2 is 1.57 bits per heavy atom. The van der Waals surface area contributed by atoms with Crippen LogP contribution in [-0.4, -0.2) is 0 Å². The largest absolute Gasteiger partial charge is 0.404 e. The molecule has 148 valence electrons. The second kappa shape index (κ2) is 10.6. The van der Waals surface area contributed by atoms with Crippen LogP contribution in [0.4, 0.5) is 0 Å². The normalized spacial score (nSPS) is 13.3. The van der Waals surface area contributed by atoms with Crippen LogP contribution in [0.5, 0.6) is 0 Å². The average molecular weight is 375 g/mol. The monoisotopic (exact) mass is 374 g/mol. The zero-order valence-corrected chi connectivity index (χ0v) is 17.8. The van der Waals surface area contributed by atoms with Crippen LogP contribution in [0.3, 0.4) is 0 Å². The number of hydrogen-bond acceptors (Lipinski definition) is 2. The molecule has 0 heterocycles. The molecule has 0 aliphatic carbocycles. The predicted molar refractivity (Wildman–Crippen MR) is 124 cm³/mol. The fourth-order valence-electron chi connectivity index (χ4n) is 3.16. The van der Waals surface area contributed by atoms with Crippen LogP contribution in [0.15, 0.2) is 73.1 Å². The minimum absolute atomic E-state index is 0.471. The van der Waals surface area contributed by atoms with Gasteiger partial charge in [0.2, 0.25) is 0 Å². The molecule has 2 aromatic rings. The summed E-state index contributed by atoms with van der Waals surface area (Å²) in [6.45, 7) is 12.8. The van der Waals surface area contributed by atoms with Gasteiger partial charge in [-0.1, -0.05) is 87.9 Å². The Hall–Kier alpha value is -2.74. The number of hydrogen-bond donors (Lipinski definition) is 2. The smallest absolute Gasteiger partial charge is 0.0412 e. The van der Waals surface area contributed by atoms with Crippen molar-refractivity contribution in [1.82, 2.24) is 5.32 Å². The Labute approximate surface area is 170 Å². The zero-order valence-electron chi connectivity index (χ0n) is 17.8. The first-order valence-electron chi connectivity index (χ1n) is 10.2. The summed E-state index contributed by atoms with van der Waals surface area (Å²) in [6, 6.07) is 17.2. The van der Waals surface area contributed by atoms with Crippen molar-refractivity contribution >= 4 is 11.3 Å². The van der Waals surface area contributed by atoms with Gasteiger partial charge in [0.05, 0.1) is 0 Å². The molecule has 0 saturated heterocycles. The molecule has 0 spiro atoms. The molecule has 2 aromatic carbocycles. The van der Waals surface area contributed by atoms with Gasteiger partial charge in [-0.05, 0) is 60.2 Å². The Bertz CT molecular complexity index is 824. The average Bonchev–Trinajstić information content (AvgIpc) is 2.75. The van der Waals surface area contributed by atoms with Crippen molar-refractivity contribution in [3.8, 4) is 11.1 Å².